The molecule has 3 heteroatoms. The van der Waals surface area contributed by atoms with Gasteiger partial charge in [-0.2, -0.15) is 0 Å². The lowest BCUT2D eigenvalue weighted by Gasteiger charge is -2.06. The first-order chi connectivity index (χ1) is 6.36. The number of benzene rings is 1. The van der Waals surface area contributed by atoms with Crippen LogP contribution >= 0.6 is 0 Å². The predicted octanol–water partition coefficient (Wildman–Crippen LogP) is 1.49. The largest absolute Gasteiger partial charge is 0.385 e. The molecule has 0 aromatic heterocycles. The Morgan fingerprint density at radius 3 is 2.08 bits per heavy atom. The number of anilines is 2. The molecule has 0 radical (unpaired) electrons. The number of hydrogen-bond acceptors (Lipinski definition) is 3. The van der Waals surface area contributed by atoms with Crippen molar-refractivity contribution in [2.75, 3.05) is 30.3 Å². The molecule has 0 amide bonds. The molecule has 0 bridgehead atoms. The van der Waals surface area contributed by atoms with Crippen molar-refractivity contribution in [3.63, 3.8) is 0 Å². The van der Waals surface area contributed by atoms with Gasteiger partial charge in [-0.15, -0.1) is 0 Å². The molecule has 0 unspecified atom stereocenters. The van der Waals surface area contributed by atoms with Crippen molar-refractivity contribution < 1.29 is 0 Å². The van der Waals surface area contributed by atoms with Crippen LogP contribution < -0.4 is 16.4 Å². The van der Waals surface area contributed by atoms with Gasteiger partial charge in [0.1, 0.15) is 0 Å². The van der Waals surface area contributed by atoms with Crippen LogP contribution in [0, 0.1) is 0 Å². The summed E-state index contributed by atoms with van der Waals surface area (Å²) in [6.07, 6.45) is 0. The van der Waals surface area contributed by atoms with Crippen LogP contribution in [-0.2, 0) is 0 Å². The summed E-state index contributed by atoms with van der Waals surface area (Å²) >= 11 is 0. The maximum atomic E-state index is 5.38. The van der Waals surface area contributed by atoms with Crippen molar-refractivity contribution in [2.24, 2.45) is 5.73 Å². The van der Waals surface area contributed by atoms with E-state index in [2.05, 4.69) is 29.7 Å². The second-order valence-electron chi connectivity index (χ2n) is 2.82. The summed E-state index contributed by atoms with van der Waals surface area (Å²) in [5.74, 6) is 0. The second-order valence-corrected chi connectivity index (χ2v) is 2.82. The molecule has 0 aliphatic carbocycles. The highest BCUT2D eigenvalue weighted by Crippen LogP contribution is 2.12. The maximum Gasteiger partial charge on any atom is 0.0342 e. The monoisotopic (exact) mass is 179 g/mol. The number of nitrogens with two attached hydrogens (primary N) is 1. The summed E-state index contributed by atoms with van der Waals surface area (Å²) in [5, 5.41) is 6.45. The quantitative estimate of drug-likeness (QED) is 0.642. The highest BCUT2D eigenvalue weighted by atomic mass is 14.9. The van der Waals surface area contributed by atoms with E-state index in [0.29, 0.717) is 6.54 Å². The molecule has 0 aliphatic rings. The van der Waals surface area contributed by atoms with E-state index in [4.69, 9.17) is 5.73 Å². The second kappa shape index (κ2) is 5.43. The van der Waals surface area contributed by atoms with E-state index >= 15 is 0 Å². The van der Waals surface area contributed by atoms with Gasteiger partial charge in [0.15, 0.2) is 0 Å². The van der Waals surface area contributed by atoms with Gasteiger partial charge in [0.25, 0.3) is 0 Å². The molecule has 1 aromatic carbocycles. The van der Waals surface area contributed by atoms with Gasteiger partial charge in [-0.25, -0.2) is 0 Å². The molecular weight excluding hydrogens is 162 g/mol. The summed E-state index contributed by atoms with van der Waals surface area (Å²) < 4.78 is 0. The van der Waals surface area contributed by atoms with Crippen molar-refractivity contribution in [1.82, 2.24) is 0 Å². The summed E-state index contributed by atoms with van der Waals surface area (Å²) in [7, 11) is 0. The molecule has 1 aromatic rings. The molecule has 0 aliphatic heterocycles. The summed E-state index contributed by atoms with van der Waals surface area (Å²) in [5.41, 5.74) is 7.65. The molecule has 0 spiro atoms. The van der Waals surface area contributed by atoms with Gasteiger partial charge in [0.2, 0.25) is 0 Å². The molecule has 1 rings (SSSR count). The average molecular weight is 179 g/mol. The van der Waals surface area contributed by atoms with Crippen LogP contribution in [0.15, 0.2) is 24.3 Å². The van der Waals surface area contributed by atoms with Crippen molar-refractivity contribution in [2.45, 2.75) is 6.92 Å². The summed E-state index contributed by atoms with van der Waals surface area (Å²) in [6.45, 7) is 4.52. The van der Waals surface area contributed by atoms with E-state index in [1.807, 2.05) is 12.1 Å². The zero-order valence-corrected chi connectivity index (χ0v) is 8.01. The topological polar surface area (TPSA) is 50.1 Å². The van der Waals surface area contributed by atoms with E-state index < -0.39 is 0 Å². The van der Waals surface area contributed by atoms with Crippen LogP contribution in [0.25, 0.3) is 0 Å². The highest BCUT2D eigenvalue weighted by Gasteiger charge is 1.91. The molecule has 3 nitrogen and oxygen atoms in total. The van der Waals surface area contributed by atoms with E-state index in [0.717, 1.165) is 24.5 Å². The van der Waals surface area contributed by atoms with Crippen molar-refractivity contribution >= 4 is 11.4 Å². The fourth-order valence-corrected chi connectivity index (χ4v) is 1.13. The molecule has 0 heterocycles. The number of hydrogen-bond donors (Lipinski definition) is 3. The molecule has 72 valence electrons. The van der Waals surface area contributed by atoms with Gasteiger partial charge in [0, 0.05) is 31.0 Å². The van der Waals surface area contributed by atoms with Crippen LogP contribution in [0.3, 0.4) is 0 Å². The first kappa shape index (κ1) is 9.86. The van der Waals surface area contributed by atoms with E-state index in [9.17, 15) is 0 Å². The van der Waals surface area contributed by atoms with E-state index in [-0.39, 0.29) is 0 Å². The van der Waals surface area contributed by atoms with Gasteiger partial charge in [-0.3, -0.25) is 0 Å². The Hall–Kier alpha value is -1.22. The lowest BCUT2D eigenvalue weighted by molar-refractivity contribution is 1.02. The van der Waals surface area contributed by atoms with Gasteiger partial charge in [-0.05, 0) is 31.2 Å². The van der Waals surface area contributed by atoms with Crippen molar-refractivity contribution in [3.05, 3.63) is 24.3 Å². The fraction of sp³-hybridized carbons (Fsp3) is 0.400. The number of nitrogens with one attached hydrogen (secondary N) is 2. The molecule has 0 fully saturated rings. The summed E-state index contributed by atoms with van der Waals surface area (Å²) in [4.78, 5) is 0. The Kier molecular flexibility index (Phi) is 4.12. The van der Waals surface area contributed by atoms with Gasteiger partial charge in [-0.1, -0.05) is 0 Å². The first-order valence-corrected chi connectivity index (χ1v) is 4.64. The molecule has 13 heavy (non-hydrogen) atoms. The van der Waals surface area contributed by atoms with Gasteiger partial charge >= 0.3 is 0 Å². The summed E-state index contributed by atoms with van der Waals surface area (Å²) in [6, 6.07) is 8.21. The molecule has 0 saturated heterocycles. The highest BCUT2D eigenvalue weighted by molar-refractivity contribution is 5.53. The predicted molar refractivity (Wildman–Crippen MR) is 58.1 cm³/mol. The Morgan fingerprint density at radius 1 is 1.08 bits per heavy atom. The molecule has 0 atom stereocenters. The average Bonchev–Trinajstić information content (AvgIpc) is 2.17. The minimum atomic E-state index is 0.662. The fourth-order valence-electron chi connectivity index (χ4n) is 1.13. The maximum absolute atomic E-state index is 5.38. The standard InChI is InChI=1S/C10H17N3/c1-2-12-9-3-5-10(6-4-9)13-8-7-11/h3-6,12-13H,2,7-8,11H2,1H3. The SMILES string of the molecule is CCNc1ccc(NCCN)cc1. The first-order valence-electron chi connectivity index (χ1n) is 4.64. The molecule has 0 saturated carbocycles. The Bertz CT molecular complexity index is 230. The van der Waals surface area contributed by atoms with Crippen LogP contribution in [-0.4, -0.2) is 19.6 Å². The third kappa shape index (κ3) is 3.34. The van der Waals surface area contributed by atoms with Crippen LogP contribution in [0.1, 0.15) is 6.92 Å². The third-order valence-electron chi connectivity index (χ3n) is 1.74. The van der Waals surface area contributed by atoms with Gasteiger partial charge in [0.05, 0.1) is 0 Å². The molecule has 4 N–H and O–H groups in total. The minimum absolute atomic E-state index is 0.662. The zero-order chi connectivity index (χ0) is 9.52. The normalized spacial score (nSPS) is 9.69. The number of rotatable bonds is 5. The van der Waals surface area contributed by atoms with Crippen molar-refractivity contribution in [1.29, 1.82) is 0 Å². The van der Waals surface area contributed by atoms with Gasteiger partial charge < -0.3 is 16.4 Å². The minimum Gasteiger partial charge on any atom is -0.385 e. The Balaban J connectivity index is 2.48. The van der Waals surface area contributed by atoms with E-state index in [1.165, 1.54) is 0 Å². The van der Waals surface area contributed by atoms with Crippen molar-refractivity contribution in [3.8, 4) is 0 Å². The third-order valence-corrected chi connectivity index (χ3v) is 1.74. The van der Waals surface area contributed by atoms with Crippen LogP contribution in [0.5, 0.6) is 0 Å². The lowest BCUT2D eigenvalue weighted by Crippen LogP contribution is -2.12. The van der Waals surface area contributed by atoms with E-state index in [1.54, 1.807) is 0 Å². The molecular formula is C10H17N3. The van der Waals surface area contributed by atoms with Crippen LogP contribution in [0.4, 0.5) is 11.4 Å². The Labute approximate surface area is 79.3 Å². The Morgan fingerprint density at radius 2 is 1.62 bits per heavy atom. The smallest absolute Gasteiger partial charge is 0.0342 e. The lowest BCUT2D eigenvalue weighted by atomic mass is 10.3. The zero-order valence-electron chi connectivity index (χ0n) is 8.01. The van der Waals surface area contributed by atoms with Crippen LogP contribution in [0.2, 0.25) is 0 Å².